The van der Waals surface area contributed by atoms with Gasteiger partial charge in [-0.1, -0.05) is 29.8 Å². The number of hydrogen-bond acceptors (Lipinski definition) is 4. The van der Waals surface area contributed by atoms with Crippen LogP contribution in [0.1, 0.15) is 33.2 Å². The van der Waals surface area contributed by atoms with Gasteiger partial charge in [0, 0.05) is 16.8 Å². The molecule has 5 heteroatoms. The molecule has 0 aliphatic carbocycles. The Morgan fingerprint density at radius 1 is 0.885 bits per heavy atom. The molecular weight excluding hydrogens is 326 g/mol. The second-order valence-corrected chi connectivity index (χ2v) is 6.02. The Morgan fingerprint density at radius 3 is 2.35 bits per heavy atom. The predicted molar refractivity (Wildman–Crippen MR) is 103 cm³/mol. The summed E-state index contributed by atoms with van der Waals surface area (Å²) in [4.78, 5) is 28.0. The van der Waals surface area contributed by atoms with Crippen molar-refractivity contribution < 1.29 is 9.59 Å². The van der Waals surface area contributed by atoms with Crippen LogP contribution < -0.4 is 10.6 Å². The van der Waals surface area contributed by atoms with E-state index in [9.17, 15) is 9.59 Å². The van der Waals surface area contributed by atoms with Crippen molar-refractivity contribution in [2.24, 2.45) is 0 Å². The van der Waals surface area contributed by atoms with Crippen molar-refractivity contribution >= 4 is 28.9 Å². The number of aryl methyl sites for hydroxylation is 1. The first kappa shape index (κ1) is 17.4. The highest BCUT2D eigenvalue weighted by molar-refractivity contribution is 6.03. The molecule has 130 valence electrons. The molecule has 0 aliphatic heterocycles. The summed E-state index contributed by atoms with van der Waals surface area (Å²) in [5.74, 6) is 0.289. The molecule has 1 aromatic heterocycles. The Bertz CT molecular complexity index is 949. The minimum Gasteiger partial charge on any atom is -0.354 e. The van der Waals surface area contributed by atoms with E-state index in [1.54, 1.807) is 30.5 Å². The molecule has 1 heterocycles. The molecule has 2 aromatic carbocycles. The molecule has 3 aromatic rings. The summed E-state index contributed by atoms with van der Waals surface area (Å²) in [6, 6.07) is 18.2. The number of anilines is 3. The van der Waals surface area contributed by atoms with E-state index in [0.29, 0.717) is 16.9 Å². The van der Waals surface area contributed by atoms with E-state index in [2.05, 4.69) is 15.6 Å². The molecule has 26 heavy (non-hydrogen) atoms. The third kappa shape index (κ3) is 4.33. The lowest BCUT2D eigenvalue weighted by Gasteiger charge is -2.09. The molecule has 5 nitrogen and oxygen atoms in total. The smallest absolute Gasteiger partial charge is 0.256 e. The standard InChI is InChI=1S/C21H19N3O2/c1-14-5-3-7-17(11-14)21(26)24-20-10-9-19(13-22-20)23-18-8-4-6-16(12-18)15(2)25/h3-13,23H,1-2H3,(H,22,24,26). The van der Waals surface area contributed by atoms with Gasteiger partial charge in [-0.2, -0.15) is 0 Å². The van der Waals surface area contributed by atoms with Crippen molar-refractivity contribution in [2.45, 2.75) is 13.8 Å². The number of pyridine rings is 1. The van der Waals surface area contributed by atoms with Crippen LogP contribution in [0.25, 0.3) is 0 Å². The van der Waals surface area contributed by atoms with Crippen LogP contribution in [-0.4, -0.2) is 16.7 Å². The quantitative estimate of drug-likeness (QED) is 0.664. The van der Waals surface area contributed by atoms with Gasteiger partial charge < -0.3 is 10.6 Å². The van der Waals surface area contributed by atoms with Gasteiger partial charge in [-0.25, -0.2) is 4.98 Å². The number of nitrogens with zero attached hydrogens (tertiary/aromatic N) is 1. The number of rotatable bonds is 5. The first-order chi connectivity index (χ1) is 12.5. The maximum Gasteiger partial charge on any atom is 0.256 e. The van der Waals surface area contributed by atoms with E-state index in [1.807, 2.05) is 43.3 Å². The van der Waals surface area contributed by atoms with Crippen LogP contribution in [-0.2, 0) is 0 Å². The van der Waals surface area contributed by atoms with Gasteiger partial charge >= 0.3 is 0 Å². The van der Waals surface area contributed by atoms with E-state index in [0.717, 1.165) is 16.9 Å². The highest BCUT2D eigenvalue weighted by Gasteiger charge is 2.07. The third-order valence-electron chi connectivity index (χ3n) is 3.84. The Kier molecular flexibility index (Phi) is 5.08. The van der Waals surface area contributed by atoms with Gasteiger partial charge in [0.25, 0.3) is 5.91 Å². The zero-order chi connectivity index (χ0) is 18.5. The molecule has 1 amide bonds. The van der Waals surface area contributed by atoms with Gasteiger partial charge in [-0.3, -0.25) is 9.59 Å². The Balaban J connectivity index is 1.68. The van der Waals surface area contributed by atoms with Crippen LogP contribution >= 0.6 is 0 Å². The largest absolute Gasteiger partial charge is 0.354 e. The lowest BCUT2D eigenvalue weighted by atomic mass is 10.1. The van der Waals surface area contributed by atoms with Crippen LogP contribution in [0.2, 0.25) is 0 Å². The lowest BCUT2D eigenvalue weighted by Crippen LogP contribution is -2.13. The summed E-state index contributed by atoms with van der Waals surface area (Å²) in [5.41, 5.74) is 3.83. The number of Topliss-reactive ketones (excluding diaryl/α,β-unsaturated/α-hetero) is 1. The molecule has 0 spiro atoms. The van der Waals surface area contributed by atoms with E-state index >= 15 is 0 Å². The molecule has 0 unspecified atom stereocenters. The van der Waals surface area contributed by atoms with Crippen LogP contribution in [0.3, 0.4) is 0 Å². The SMILES string of the molecule is CC(=O)c1cccc(Nc2ccc(NC(=O)c3cccc(C)c3)nc2)c1. The second-order valence-electron chi connectivity index (χ2n) is 6.02. The van der Waals surface area contributed by atoms with Crippen LogP contribution in [0.4, 0.5) is 17.2 Å². The minimum absolute atomic E-state index is 0.0148. The van der Waals surface area contributed by atoms with Gasteiger partial charge in [0.2, 0.25) is 0 Å². The zero-order valence-corrected chi connectivity index (χ0v) is 14.6. The van der Waals surface area contributed by atoms with E-state index in [4.69, 9.17) is 0 Å². The molecule has 0 aliphatic rings. The number of hydrogen-bond donors (Lipinski definition) is 2. The number of ketones is 1. The molecule has 0 saturated heterocycles. The highest BCUT2D eigenvalue weighted by Crippen LogP contribution is 2.19. The van der Waals surface area contributed by atoms with Crippen molar-refractivity contribution in [1.82, 2.24) is 4.98 Å². The summed E-state index contributed by atoms with van der Waals surface area (Å²) in [6.07, 6.45) is 1.63. The lowest BCUT2D eigenvalue weighted by molar-refractivity contribution is 0.101. The molecule has 0 bridgehead atoms. The zero-order valence-electron chi connectivity index (χ0n) is 14.6. The van der Waals surface area contributed by atoms with Crippen LogP contribution in [0.15, 0.2) is 66.9 Å². The van der Waals surface area contributed by atoms with Crippen molar-refractivity contribution in [2.75, 3.05) is 10.6 Å². The van der Waals surface area contributed by atoms with Crippen LogP contribution in [0.5, 0.6) is 0 Å². The van der Waals surface area contributed by atoms with Gasteiger partial charge in [0.1, 0.15) is 5.82 Å². The number of amides is 1. The summed E-state index contributed by atoms with van der Waals surface area (Å²) in [5, 5.41) is 5.97. The second kappa shape index (κ2) is 7.61. The monoisotopic (exact) mass is 345 g/mol. The first-order valence-corrected chi connectivity index (χ1v) is 8.23. The number of carbonyl (C=O) groups is 2. The van der Waals surface area contributed by atoms with E-state index in [-0.39, 0.29) is 11.7 Å². The van der Waals surface area contributed by atoms with Gasteiger partial charge in [-0.05, 0) is 50.2 Å². The number of nitrogens with one attached hydrogen (secondary N) is 2. The number of benzene rings is 2. The molecule has 0 saturated carbocycles. The molecule has 0 atom stereocenters. The first-order valence-electron chi connectivity index (χ1n) is 8.23. The van der Waals surface area contributed by atoms with Crippen LogP contribution in [0, 0.1) is 6.92 Å². The van der Waals surface area contributed by atoms with E-state index in [1.165, 1.54) is 6.92 Å². The van der Waals surface area contributed by atoms with Gasteiger partial charge in [0.15, 0.2) is 5.78 Å². The predicted octanol–water partition coefficient (Wildman–Crippen LogP) is 4.59. The van der Waals surface area contributed by atoms with Crippen molar-refractivity contribution in [3.05, 3.63) is 83.6 Å². The maximum absolute atomic E-state index is 12.2. The van der Waals surface area contributed by atoms with Crippen molar-refractivity contribution in [1.29, 1.82) is 0 Å². The average molecular weight is 345 g/mol. The molecule has 3 rings (SSSR count). The molecule has 0 radical (unpaired) electrons. The fourth-order valence-electron chi connectivity index (χ4n) is 2.50. The number of carbonyl (C=O) groups excluding carboxylic acids is 2. The fourth-order valence-corrected chi connectivity index (χ4v) is 2.50. The highest BCUT2D eigenvalue weighted by atomic mass is 16.1. The molecule has 0 fully saturated rings. The Morgan fingerprint density at radius 2 is 1.65 bits per heavy atom. The summed E-state index contributed by atoms with van der Waals surface area (Å²) < 4.78 is 0. The maximum atomic E-state index is 12.2. The summed E-state index contributed by atoms with van der Waals surface area (Å²) in [7, 11) is 0. The van der Waals surface area contributed by atoms with Crippen molar-refractivity contribution in [3.63, 3.8) is 0 Å². The summed E-state index contributed by atoms with van der Waals surface area (Å²) in [6.45, 7) is 3.48. The molecule has 2 N–H and O–H groups in total. The molecular formula is C21H19N3O2. The topological polar surface area (TPSA) is 71.1 Å². The Labute approximate surface area is 152 Å². The minimum atomic E-state index is -0.198. The Hall–Kier alpha value is -3.47. The third-order valence-corrected chi connectivity index (χ3v) is 3.84. The number of aromatic nitrogens is 1. The fraction of sp³-hybridized carbons (Fsp3) is 0.0952. The van der Waals surface area contributed by atoms with Gasteiger partial charge in [0.05, 0.1) is 11.9 Å². The van der Waals surface area contributed by atoms with Gasteiger partial charge in [-0.15, -0.1) is 0 Å². The normalized spacial score (nSPS) is 10.2. The van der Waals surface area contributed by atoms with Crippen molar-refractivity contribution in [3.8, 4) is 0 Å². The average Bonchev–Trinajstić information content (AvgIpc) is 2.63. The van der Waals surface area contributed by atoms with E-state index < -0.39 is 0 Å². The summed E-state index contributed by atoms with van der Waals surface area (Å²) >= 11 is 0.